The number of rotatable bonds is 5. The average molecular weight is 334 g/mol. The number of ether oxygens (including phenoxy) is 1. The van der Waals surface area contributed by atoms with E-state index in [1.807, 2.05) is 24.9 Å². The molecule has 1 aliphatic heterocycles. The molecule has 0 aromatic heterocycles. The minimum Gasteiger partial charge on any atom is -0.490 e. The van der Waals surface area contributed by atoms with E-state index >= 15 is 0 Å². The number of thioether (sulfide) groups is 1. The third-order valence-electron chi connectivity index (χ3n) is 4.49. The van der Waals surface area contributed by atoms with Crippen molar-refractivity contribution in [2.45, 2.75) is 50.8 Å². The second kappa shape index (κ2) is 8.48. The number of nitrogens with zero attached hydrogens (tertiary/aromatic N) is 1. The van der Waals surface area contributed by atoms with Gasteiger partial charge in [0.15, 0.2) is 5.96 Å². The van der Waals surface area contributed by atoms with Gasteiger partial charge in [-0.1, -0.05) is 18.2 Å². The summed E-state index contributed by atoms with van der Waals surface area (Å²) in [5, 5.41) is 6.97. The lowest BCUT2D eigenvalue weighted by Gasteiger charge is -2.28. The van der Waals surface area contributed by atoms with Crippen molar-refractivity contribution >= 4 is 17.7 Å². The lowest BCUT2D eigenvalue weighted by Crippen LogP contribution is -2.45. The maximum Gasteiger partial charge on any atom is 0.191 e. The quantitative estimate of drug-likeness (QED) is 0.642. The van der Waals surface area contributed by atoms with Gasteiger partial charge in [-0.3, -0.25) is 4.99 Å². The van der Waals surface area contributed by atoms with Crippen LogP contribution in [0, 0.1) is 0 Å². The number of guanidine groups is 1. The van der Waals surface area contributed by atoms with Crippen molar-refractivity contribution < 1.29 is 4.74 Å². The van der Waals surface area contributed by atoms with Crippen LogP contribution in [-0.4, -0.2) is 36.7 Å². The van der Waals surface area contributed by atoms with Crippen LogP contribution in [0.5, 0.6) is 5.75 Å². The fourth-order valence-electron chi connectivity index (χ4n) is 2.85. The second-order valence-corrected chi connectivity index (χ2v) is 7.41. The summed E-state index contributed by atoms with van der Waals surface area (Å²) in [4.78, 5) is 4.36. The molecular weight excluding hydrogens is 306 g/mol. The van der Waals surface area contributed by atoms with Gasteiger partial charge in [-0.25, -0.2) is 0 Å². The summed E-state index contributed by atoms with van der Waals surface area (Å²) in [6.45, 7) is 0.739. The summed E-state index contributed by atoms with van der Waals surface area (Å²) in [5.74, 6) is 4.35. The molecule has 1 heterocycles. The van der Waals surface area contributed by atoms with Gasteiger partial charge < -0.3 is 15.4 Å². The van der Waals surface area contributed by atoms with Gasteiger partial charge in [-0.2, -0.15) is 11.8 Å². The van der Waals surface area contributed by atoms with E-state index in [-0.39, 0.29) is 0 Å². The lowest BCUT2D eigenvalue weighted by atomic mass is 9.96. The molecule has 2 N–H and O–H groups in total. The monoisotopic (exact) mass is 333 g/mol. The van der Waals surface area contributed by atoms with E-state index < -0.39 is 0 Å². The Morgan fingerprint density at radius 3 is 2.83 bits per heavy atom. The molecule has 0 bridgehead atoms. The molecule has 0 radical (unpaired) electrons. The molecule has 0 amide bonds. The summed E-state index contributed by atoms with van der Waals surface area (Å²) in [5.41, 5.74) is 1.19. The molecule has 1 aromatic carbocycles. The Morgan fingerprint density at radius 1 is 1.26 bits per heavy atom. The zero-order valence-corrected chi connectivity index (χ0v) is 14.7. The molecule has 23 heavy (non-hydrogen) atoms. The Bertz CT molecular complexity index is 525. The Balaban J connectivity index is 1.53. The maximum atomic E-state index is 6.09. The largest absolute Gasteiger partial charge is 0.490 e. The fraction of sp³-hybridized carbons (Fsp3) is 0.611. The van der Waals surface area contributed by atoms with Gasteiger partial charge in [0.2, 0.25) is 0 Å². The summed E-state index contributed by atoms with van der Waals surface area (Å²) in [6, 6.07) is 8.85. The molecule has 1 atom stereocenters. The standard InChI is InChI=1S/C18H27N3OS/c1-19-18(21-15-7-5-11-23-13-15)20-12-14-6-2-3-10-17(14)22-16-8-4-9-16/h2-3,6,10,15-16H,4-5,7-9,11-13H2,1H3,(H2,19,20,21). The molecule has 1 saturated carbocycles. The summed E-state index contributed by atoms with van der Waals surface area (Å²) in [7, 11) is 1.84. The summed E-state index contributed by atoms with van der Waals surface area (Å²) in [6.07, 6.45) is 6.59. The van der Waals surface area contributed by atoms with Crippen LogP contribution in [0.1, 0.15) is 37.7 Å². The minimum absolute atomic E-state index is 0.410. The van der Waals surface area contributed by atoms with Gasteiger partial charge in [-0.15, -0.1) is 0 Å². The predicted molar refractivity (Wildman–Crippen MR) is 98.4 cm³/mol. The van der Waals surface area contributed by atoms with E-state index in [9.17, 15) is 0 Å². The van der Waals surface area contributed by atoms with Crippen LogP contribution in [0.2, 0.25) is 0 Å². The zero-order valence-electron chi connectivity index (χ0n) is 13.9. The second-order valence-electron chi connectivity index (χ2n) is 6.26. The number of nitrogens with one attached hydrogen (secondary N) is 2. The predicted octanol–water partition coefficient (Wildman–Crippen LogP) is 3.18. The molecule has 1 saturated heterocycles. The van der Waals surface area contributed by atoms with Crippen molar-refractivity contribution in [3.8, 4) is 5.75 Å². The highest BCUT2D eigenvalue weighted by Crippen LogP contribution is 2.27. The van der Waals surface area contributed by atoms with Crippen molar-refractivity contribution in [2.75, 3.05) is 18.6 Å². The molecule has 3 rings (SSSR count). The van der Waals surface area contributed by atoms with Crippen LogP contribution in [0.4, 0.5) is 0 Å². The van der Waals surface area contributed by atoms with Gasteiger partial charge >= 0.3 is 0 Å². The first-order chi connectivity index (χ1) is 11.3. The minimum atomic E-state index is 0.410. The summed E-state index contributed by atoms with van der Waals surface area (Å²) >= 11 is 2.02. The topological polar surface area (TPSA) is 45.7 Å². The highest BCUT2D eigenvalue weighted by atomic mass is 32.2. The van der Waals surface area contributed by atoms with Crippen molar-refractivity contribution in [3.63, 3.8) is 0 Å². The molecule has 1 aliphatic carbocycles. The van der Waals surface area contributed by atoms with Crippen LogP contribution in [-0.2, 0) is 6.54 Å². The molecule has 0 spiro atoms. The van der Waals surface area contributed by atoms with E-state index in [0.717, 1.165) is 18.3 Å². The SMILES string of the molecule is CN=C(NCc1ccccc1OC1CCC1)NC1CCCSC1. The highest BCUT2D eigenvalue weighted by molar-refractivity contribution is 7.99. The van der Waals surface area contributed by atoms with Gasteiger partial charge in [-0.05, 0) is 43.9 Å². The number of hydrogen-bond acceptors (Lipinski definition) is 3. The molecule has 1 unspecified atom stereocenters. The lowest BCUT2D eigenvalue weighted by molar-refractivity contribution is 0.119. The Hall–Kier alpha value is -1.36. The molecule has 5 heteroatoms. The van der Waals surface area contributed by atoms with Gasteiger partial charge in [0.25, 0.3) is 0 Å². The third kappa shape index (κ3) is 4.80. The van der Waals surface area contributed by atoms with Crippen LogP contribution >= 0.6 is 11.8 Å². The maximum absolute atomic E-state index is 6.09. The van der Waals surface area contributed by atoms with E-state index in [1.165, 1.54) is 49.2 Å². The number of para-hydroxylation sites is 1. The van der Waals surface area contributed by atoms with E-state index in [2.05, 4.69) is 33.8 Å². The first kappa shape index (κ1) is 16.5. The first-order valence-electron chi connectivity index (χ1n) is 8.64. The zero-order chi connectivity index (χ0) is 15.9. The van der Waals surface area contributed by atoms with Crippen LogP contribution in [0.15, 0.2) is 29.3 Å². The number of benzene rings is 1. The Morgan fingerprint density at radius 2 is 2.13 bits per heavy atom. The van der Waals surface area contributed by atoms with Gasteiger partial charge in [0, 0.05) is 31.0 Å². The Kier molecular flexibility index (Phi) is 6.08. The number of hydrogen-bond donors (Lipinski definition) is 2. The molecular formula is C18H27N3OS. The van der Waals surface area contributed by atoms with E-state index in [0.29, 0.717) is 12.1 Å². The van der Waals surface area contributed by atoms with E-state index in [4.69, 9.17) is 4.74 Å². The summed E-state index contributed by atoms with van der Waals surface area (Å²) < 4.78 is 6.09. The van der Waals surface area contributed by atoms with Crippen molar-refractivity contribution in [3.05, 3.63) is 29.8 Å². The molecule has 4 nitrogen and oxygen atoms in total. The average Bonchev–Trinajstić information content (AvgIpc) is 2.56. The van der Waals surface area contributed by atoms with Gasteiger partial charge in [0.1, 0.15) is 5.75 Å². The van der Waals surface area contributed by atoms with E-state index in [1.54, 1.807) is 0 Å². The van der Waals surface area contributed by atoms with Crippen LogP contribution < -0.4 is 15.4 Å². The van der Waals surface area contributed by atoms with Crippen molar-refractivity contribution in [1.82, 2.24) is 10.6 Å². The molecule has 126 valence electrons. The molecule has 2 aliphatic rings. The smallest absolute Gasteiger partial charge is 0.191 e. The highest BCUT2D eigenvalue weighted by Gasteiger charge is 2.20. The van der Waals surface area contributed by atoms with Crippen molar-refractivity contribution in [1.29, 1.82) is 0 Å². The number of aliphatic imine (C=N–C) groups is 1. The third-order valence-corrected chi connectivity index (χ3v) is 5.70. The fourth-order valence-corrected chi connectivity index (χ4v) is 3.93. The molecule has 1 aromatic rings. The van der Waals surface area contributed by atoms with Crippen molar-refractivity contribution in [2.24, 2.45) is 4.99 Å². The Labute approximate surface area is 143 Å². The first-order valence-corrected chi connectivity index (χ1v) is 9.80. The normalized spacial score (nSPS) is 22.3. The molecule has 2 fully saturated rings. The van der Waals surface area contributed by atoms with Crippen LogP contribution in [0.3, 0.4) is 0 Å². The van der Waals surface area contributed by atoms with Gasteiger partial charge in [0.05, 0.1) is 6.10 Å². The van der Waals surface area contributed by atoms with Crippen LogP contribution in [0.25, 0.3) is 0 Å².